The Morgan fingerprint density at radius 1 is 1.46 bits per heavy atom. The summed E-state index contributed by atoms with van der Waals surface area (Å²) in [7, 11) is 0. The van der Waals surface area contributed by atoms with Crippen LogP contribution in [0.15, 0.2) is 27.8 Å². The topological polar surface area (TPSA) is 46.5 Å². The molecular weight excluding hydrogens is 234 g/mol. The van der Waals surface area contributed by atoms with Gasteiger partial charge >= 0.3 is 0 Å². The van der Waals surface area contributed by atoms with Crippen LogP contribution in [0, 0.1) is 4.91 Å². The van der Waals surface area contributed by atoms with E-state index in [1.165, 1.54) is 0 Å². The highest BCUT2D eigenvalue weighted by Crippen LogP contribution is 2.26. The lowest BCUT2D eigenvalue weighted by atomic mass is 10.1. The highest BCUT2D eigenvalue weighted by Gasteiger charge is 2.31. The molecule has 1 aliphatic rings. The number of benzene rings is 1. The molecule has 1 atom stereocenters. The van der Waals surface area contributed by atoms with Gasteiger partial charge in [-0.25, -0.2) is 0 Å². The van der Waals surface area contributed by atoms with Gasteiger partial charge in [-0.3, -0.25) is 4.79 Å². The van der Waals surface area contributed by atoms with Crippen LogP contribution in [0.2, 0.25) is 0 Å². The predicted molar refractivity (Wildman–Crippen MR) is 51.8 cm³/mol. The Labute approximate surface area is 83.2 Å². The molecule has 0 bridgehead atoms. The largest absolute Gasteiger partial charge is 0.292 e. The number of nitroso groups, excluding NO2 is 1. The number of ketones is 1. The van der Waals surface area contributed by atoms with Crippen LogP contribution < -0.4 is 0 Å². The van der Waals surface area contributed by atoms with Crippen molar-refractivity contribution in [1.29, 1.82) is 0 Å². The summed E-state index contributed by atoms with van der Waals surface area (Å²) in [5.74, 6) is -0.155. The van der Waals surface area contributed by atoms with Gasteiger partial charge < -0.3 is 0 Å². The molecule has 1 aromatic rings. The van der Waals surface area contributed by atoms with Crippen LogP contribution in [0.4, 0.5) is 0 Å². The lowest BCUT2D eigenvalue weighted by molar-refractivity contribution is 0.0975. The molecule has 0 saturated carbocycles. The summed E-state index contributed by atoms with van der Waals surface area (Å²) in [6.45, 7) is 0. The zero-order chi connectivity index (χ0) is 9.42. The molecule has 1 aromatic carbocycles. The average Bonchev–Trinajstić information content (AvgIpc) is 2.42. The average molecular weight is 240 g/mol. The monoisotopic (exact) mass is 239 g/mol. The number of halogens is 1. The number of nitrogens with zero attached hydrogens (tertiary/aromatic N) is 1. The number of fused-ring (bicyclic) bond motifs is 1. The molecule has 1 unspecified atom stereocenters. The van der Waals surface area contributed by atoms with E-state index in [1.54, 1.807) is 12.1 Å². The van der Waals surface area contributed by atoms with E-state index in [0.717, 1.165) is 10.0 Å². The van der Waals surface area contributed by atoms with E-state index in [1.807, 2.05) is 6.07 Å². The third-order valence-electron chi connectivity index (χ3n) is 2.18. The molecule has 0 radical (unpaired) electrons. The van der Waals surface area contributed by atoms with Gasteiger partial charge in [0.1, 0.15) is 0 Å². The van der Waals surface area contributed by atoms with E-state index in [2.05, 4.69) is 21.1 Å². The van der Waals surface area contributed by atoms with Crippen LogP contribution in [0.1, 0.15) is 15.9 Å². The molecule has 0 amide bonds. The van der Waals surface area contributed by atoms with E-state index < -0.39 is 6.04 Å². The van der Waals surface area contributed by atoms with Crippen LogP contribution in [-0.4, -0.2) is 11.8 Å². The maximum Gasteiger partial charge on any atom is 0.191 e. The number of rotatable bonds is 1. The summed E-state index contributed by atoms with van der Waals surface area (Å²) in [6.07, 6.45) is 0.442. The lowest BCUT2D eigenvalue weighted by Crippen LogP contribution is -2.11. The van der Waals surface area contributed by atoms with Crippen molar-refractivity contribution >= 4 is 21.7 Å². The lowest BCUT2D eigenvalue weighted by Gasteiger charge is -1.95. The number of hydrogen-bond donors (Lipinski definition) is 0. The third kappa shape index (κ3) is 1.31. The minimum absolute atomic E-state index is 0.155. The Balaban J connectivity index is 2.49. The molecule has 2 rings (SSSR count). The molecule has 4 heteroatoms. The van der Waals surface area contributed by atoms with E-state index in [4.69, 9.17) is 0 Å². The smallest absolute Gasteiger partial charge is 0.191 e. The standard InChI is InChI=1S/C9H6BrNO2/c10-6-1-2-7-5(3-6)4-8(11-13)9(7)12/h1-3,8H,4H2. The molecule has 1 aliphatic carbocycles. The molecule has 0 spiro atoms. The number of carbonyl (C=O) groups excluding carboxylic acids is 1. The van der Waals surface area contributed by atoms with Gasteiger partial charge in [0.2, 0.25) is 0 Å². The highest BCUT2D eigenvalue weighted by atomic mass is 79.9. The molecule has 13 heavy (non-hydrogen) atoms. The van der Waals surface area contributed by atoms with Crippen molar-refractivity contribution < 1.29 is 4.79 Å². The van der Waals surface area contributed by atoms with Crippen LogP contribution >= 0.6 is 15.9 Å². The molecule has 66 valence electrons. The first kappa shape index (κ1) is 8.56. The highest BCUT2D eigenvalue weighted by molar-refractivity contribution is 9.10. The molecule has 0 aromatic heterocycles. The summed E-state index contributed by atoms with van der Waals surface area (Å²) >= 11 is 3.31. The quantitative estimate of drug-likeness (QED) is 0.707. The molecule has 0 saturated heterocycles. The van der Waals surface area contributed by atoms with Gasteiger partial charge in [-0.05, 0) is 23.8 Å². The summed E-state index contributed by atoms with van der Waals surface area (Å²) < 4.78 is 0.922. The normalized spacial score (nSPS) is 20.1. The Bertz CT molecular complexity index is 389. The third-order valence-corrected chi connectivity index (χ3v) is 2.67. The maximum atomic E-state index is 11.4. The first-order valence-electron chi connectivity index (χ1n) is 3.87. The Morgan fingerprint density at radius 2 is 2.23 bits per heavy atom. The van der Waals surface area contributed by atoms with Crippen molar-refractivity contribution in [1.82, 2.24) is 0 Å². The van der Waals surface area contributed by atoms with Gasteiger partial charge in [0.15, 0.2) is 11.8 Å². The van der Waals surface area contributed by atoms with Gasteiger partial charge in [-0.2, -0.15) is 4.91 Å². The molecule has 3 nitrogen and oxygen atoms in total. The molecular formula is C9H6BrNO2. The number of carbonyl (C=O) groups is 1. The first-order chi connectivity index (χ1) is 6.22. The fraction of sp³-hybridized carbons (Fsp3) is 0.222. The first-order valence-corrected chi connectivity index (χ1v) is 4.67. The molecule has 0 N–H and O–H groups in total. The van der Waals surface area contributed by atoms with Crippen molar-refractivity contribution in [3.8, 4) is 0 Å². The fourth-order valence-corrected chi connectivity index (χ4v) is 1.95. The predicted octanol–water partition coefficient (Wildman–Crippen LogP) is 2.32. The van der Waals surface area contributed by atoms with Crippen molar-refractivity contribution in [2.24, 2.45) is 5.18 Å². The molecule has 0 heterocycles. The number of Topliss-reactive ketones (excluding diaryl/α,β-unsaturated/α-hetero) is 1. The maximum absolute atomic E-state index is 11.4. The summed E-state index contributed by atoms with van der Waals surface area (Å²) in [6, 6.07) is 4.68. The van der Waals surface area contributed by atoms with Gasteiger partial charge in [0.05, 0.1) is 0 Å². The van der Waals surface area contributed by atoms with E-state index >= 15 is 0 Å². The second-order valence-electron chi connectivity index (χ2n) is 2.99. The molecule has 0 aliphatic heterocycles. The van der Waals surface area contributed by atoms with E-state index in [0.29, 0.717) is 12.0 Å². The van der Waals surface area contributed by atoms with Crippen LogP contribution in [0.3, 0.4) is 0 Å². The van der Waals surface area contributed by atoms with Crippen molar-refractivity contribution in [3.05, 3.63) is 38.7 Å². The summed E-state index contributed by atoms with van der Waals surface area (Å²) in [4.78, 5) is 21.7. The Morgan fingerprint density at radius 3 is 2.92 bits per heavy atom. The zero-order valence-corrected chi connectivity index (χ0v) is 8.24. The van der Waals surface area contributed by atoms with Gasteiger partial charge in [0.25, 0.3) is 0 Å². The van der Waals surface area contributed by atoms with Crippen molar-refractivity contribution in [2.75, 3.05) is 0 Å². The molecule has 0 fully saturated rings. The summed E-state index contributed by atoms with van der Waals surface area (Å²) in [5, 5.41) is 2.80. The SMILES string of the molecule is O=NC1Cc2cc(Br)ccc2C1=O. The Kier molecular flexibility index (Phi) is 2.00. The van der Waals surface area contributed by atoms with E-state index in [9.17, 15) is 9.70 Å². The number of hydrogen-bond acceptors (Lipinski definition) is 3. The minimum Gasteiger partial charge on any atom is -0.292 e. The summed E-state index contributed by atoms with van der Waals surface area (Å²) in [5.41, 5.74) is 1.54. The van der Waals surface area contributed by atoms with Gasteiger partial charge in [0, 0.05) is 16.5 Å². The van der Waals surface area contributed by atoms with Gasteiger partial charge in [-0.1, -0.05) is 21.1 Å². The minimum atomic E-state index is -0.704. The van der Waals surface area contributed by atoms with Crippen LogP contribution in [0.5, 0.6) is 0 Å². The Hall–Kier alpha value is -1.03. The van der Waals surface area contributed by atoms with Crippen LogP contribution in [-0.2, 0) is 6.42 Å². The van der Waals surface area contributed by atoms with Crippen LogP contribution in [0.25, 0.3) is 0 Å². The van der Waals surface area contributed by atoms with Gasteiger partial charge in [-0.15, -0.1) is 0 Å². The van der Waals surface area contributed by atoms with Crippen molar-refractivity contribution in [3.63, 3.8) is 0 Å². The fourth-order valence-electron chi connectivity index (χ4n) is 1.54. The second-order valence-corrected chi connectivity index (χ2v) is 3.91. The van der Waals surface area contributed by atoms with Crippen molar-refractivity contribution in [2.45, 2.75) is 12.5 Å². The zero-order valence-electron chi connectivity index (χ0n) is 6.66. The van der Waals surface area contributed by atoms with E-state index in [-0.39, 0.29) is 5.78 Å². The second kappa shape index (κ2) is 3.03.